The number of carbonyl (C=O) groups is 1. The van der Waals surface area contributed by atoms with Gasteiger partial charge in [-0.15, -0.1) is 0 Å². The summed E-state index contributed by atoms with van der Waals surface area (Å²) in [6, 6.07) is 12.5. The SMILES string of the molecule is [C-]#[N+]c1ccc2c(c1)c(Br)cn2C1CCC(=O)CC1.[C-]#[N+]c1ccc2c(c1)c(Br)cn2C1CCC2(CC1)OCCO2. The van der Waals surface area contributed by atoms with Crippen molar-refractivity contribution in [2.45, 2.75) is 69.2 Å². The fourth-order valence-corrected chi connectivity index (χ4v) is 7.53. The van der Waals surface area contributed by atoms with E-state index < -0.39 is 0 Å². The Bertz CT molecular complexity index is 1680. The highest BCUT2D eigenvalue weighted by molar-refractivity contribution is 9.11. The largest absolute Gasteiger partial charge is 0.348 e. The predicted molar refractivity (Wildman–Crippen MR) is 166 cm³/mol. The molecule has 210 valence electrons. The van der Waals surface area contributed by atoms with Crippen LogP contribution in [0.15, 0.2) is 57.7 Å². The van der Waals surface area contributed by atoms with Gasteiger partial charge in [0.05, 0.1) is 26.4 Å². The maximum absolute atomic E-state index is 11.3. The number of halogens is 2. The maximum atomic E-state index is 11.3. The monoisotopic (exact) mass is 676 g/mol. The Balaban J connectivity index is 0.000000149. The molecule has 0 amide bonds. The number of nitrogens with zero attached hydrogens (tertiary/aromatic N) is 4. The zero-order valence-corrected chi connectivity index (χ0v) is 25.8. The van der Waals surface area contributed by atoms with Crippen molar-refractivity contribution in [3.8, 4) is 0 Å². The number of aromatic nitrogens is 2. The number of Topliss-reactive ketones (excluding diaryl/α,β-unsaturated/α-hetero) is 1. The van der Waals surface area contributed by atoms with Gasteiger partial charge in [-0.1, -0.05) is 12.1 Å². The molecule has 3 fully saturated rings. The summed E-state index contributed by atoms with van der Waals surface area (Å²) in [5, 5.41) is 2.19. The lowest BCUT2D eigenvalue weighted by Crippen LogP contribution is -2.35. The molecule has 3 heterocycles. The number of rotatable bonds is 2. The number of hydrogen-bond acceptors (Lipinski definition) is 3. The molecule has 1 saturated heterocycles. The van der Waals surface area contributed by atoms with Crippen LogP contribution in [0.25, 0.3) is 31.5 Å². The van der Waals surface area contributed by atoms with Crippen molar-refractivity contribution in [2.24, 2.45) is 0 Å². The highest BCUT2D eigenvalue weighted by Gasteiger charge is 2.40. The first-order valence-electron chi connectivity index (χ1n) is 14.0. The van der Waals surface area contributed by atoms with Gasteiger partial charge in [-0.3, -0.25) is 4.79 Å². The molecule has 0 bridgehead atoms. The van der Waals surface area contributed by atoms with Crippen LogP contribution >= 0.6 is 31.9 Å². The van der Waals surface area contributed by atoms with E-state index in [0.717, 1.165) is 77.0 Å². The second-order valence-corrected chi connectivity index (χ2v) is 12.7. The van der Waals surface area contributed by atoms with E-state index in [1.807, 2.05) is 30.3 Å². The summed E-state index contributed by atoms with van der Waals surface area (Å²) in [7, 11) is 0. The second-order valence-electron chi connectivity index (χ2n) is 11.0. The van der Waals surface area contributed by atoms with Crippen LogP contribution in [-0.2, 0) is 14.3 Å². The van der Waals surface area contributed by atoms with Gasteiger partial charge in [0.1, 0.15) is 5.78 Å². The van der Waals surface area contributed by atoms with Gasteiger partial charge in [0, 0.05) is 80.9 Å². The fraction of sp³-hybridized carbons (Fsp3) is 0.406. The summed E-state index contributed by atoms with van der Waals surface area (Å²) in [5.74, 6) is 0.0654. The summed E-state index contributed by atoms with van der Waals surface area (Å²) < 4.78 is 18.3. The van der Waals surface area contributed by atoms with Crippen molar-refractivity contribution in [1.29, 1.82) is 0 Å². The summed E-state index contributed by atoms with van der Waals surface area (Å²) in [5.41, 5.74) is 3.66. The zero-order chi connectivity index (χ0) is 28.6. The molecule has 7 nitrogen and oxygen atoms in total. The Labute approximate surface area is 256 Å². The van der Waals surface area contributed by atoms with Gasteiger partial charge >= 0.3 is 0 Å². The van der Waals surface area contributed by atoms with Crippen LogP contribution in [0.2, 0.25) is 0 Å². The molecule has 0 N–H and O–H groups in total. The Morgan fingerprint density at radius 3 is 1.68 bits per heavy atom. The molecule has 0 unspecified atom stereocenters. The van der Waals surface area contributed by atoms with Crippen molar-refractivity contribution in [3.63, 3.8) is 0 Å². The lowest BCUT2D eigenvalue weighted by atomic mass is 9.90. The molecular weight excluding hydrogens is 648 g/mol. The fourth-order valence-electron chi connectivity index (χ4n) is 6.46. The van der Waals surface area contributed by atoms with Crippen LogP contribution in [-0.4, -0.2) is 33.9 Å². The van der Waals surface area contributed by atoms with Gasteiger partial charge in [0.25, 0.3) is 0 Å². The molecule has 9 heteroatoms. The van der Waals surface area contributed by atoms with Crippen molar-refractivity contribution < 1.29 is 14.3 Å². The lowest BCUT2D eigenvalue weighted by Gasteiger charge is -2.36. The van der Waals surface area contributed by atoms with E-state index in [2.05, 4.69) is 69.1 Å². The Kier molecular flexibility index (Phi) is 8.07. The van der Waals surface area contributed by atoms with E-state index >= 15 is 0 Å². The standard InChI is InChI=1S/C17H17BrN2O2.C15H13BrN2O/c1-19-12-2-3-16-14(10-12)15(18)11-20(16)13-4-6-17(7-5-13)21-8-9-22-17;1-17-10-2-7-15-13(8-10)14(16)9-18(15)11-3-5-12(19)6-4-11/h2-3,10-11,13H,4-9H2;2,7-9,11H,3-6H2. The molecule has 3 aliphatic rings. The highest BCUT2D eigenvalue weighted by Crippen LogP contribution is 2.43. The van der Waals surface area contributed by atoms with E-state index in [1.54, 1.807) is 0 Å². The molecule has 7 rings (SSSR count). The first kappa shape index (κ1) is 28.2. The number of benzene rings is 2. The van der Waals surface area contributed by atoms with Crippen LogP contribution in [0, 0.1) is 13.1 Å². The van der Waals surface area contributed by atoms with Crippen LogP contribution < -0.4 is 0 Å². The summed E-state index contributed by atoms with van der Waals surface area (Å²) in [4.78, 5) is 18.3. The van der Waals surface area contributed by atoms with E-state index in [4.69, 9.17) is 22.6 Å². The van der Waals surface area contributed by atoms with Crippen LogP contribution in [0.1, 0.15) is 63.5 Å². The minimum absolute atomic E-state index is 0.312. The van der Waals surface area contributed by atoms with Crippen molar-refractivity contribution in [2.75, 3.05) is 13.2 Å². The minimum atomic E-state index is -0.312. The van der Waals surface area contributed by atoms with E-state index in [-0.39, 0.29) is 5.79 Å². The third kappa shape index (κ3) is 5.61. The van der Waals surface area contributed by atoms with E-state index in [0.29, 0.717) is 42.1 Å². The normalized spacial score (nSPS) is 19.3. The molecule has 41 heavy (non-hydrogen) atoms. The average Bonchev–Trinajstić information content (AvgIpc) is 3.70. The Morgan fingerprint density at radius 2 is 1.22 bits per heavy atom. The number of hydrogen-bond donors (Lipinski definition) is 0. The molecule has 1 spiro atoms. The van der Waals surface area contributed by atoms with Gasteiger partial charge in [-0.25, -0.2) is 9.69 Å². The van der Waals surface area contributed by atoms with Crippen LogP contribution in [0.3, 0.4) is 0 Å². The van der Waals surface area contributed by atoms with Crippen LogP contribution in [0.5, 0.6) is 0 Å². The molecule has 0 radical (unpaired) electrons. The second kappa shape index (κ2) is 11.7. The quantitative estimate of drug-likeness (QED) is 0.199. The van der Waals surface area contributed by atoms with Crippen molar-refractivity contribution >= 4 is 70.8 Å². The molecule has 4 aromatic rings. The predicted octanol–water partition coefficient (Wildman–Crippen LogP) is 9.45. The molecule has 2 aromatic carbocycles. The van der Waals surface area contributed by atoms with Crippen LogP contribution in [0.4, 0.5) is 11.4 Å². The lowest BCUT2D eigenvalue weighted by molar-refractivity contribution is -0.181. The van der Waals surface area contributed by atoms with Crippen molar-refractivity contribution in [3.05, 3.63) is 80.6 Å². The third-order valence-corrected chi connectivity index (χ3v) is 9.89. The number of fused-ring (bicyclic) bond motifs is 2. The van der Waals surface area contributed by atoms with Gasteiger partial charge < -0.3 is 18.6 Å². The molecule has 2 aromatic heterocycles. The van der Waals surface area contributed by atoms with E-state index in [1.165, 1.54) is 5.52 Å². The number of carbonyl (C=O) groups excluding carboxylic acids is 1. The van der Waals surface area contributed by atoms with Gasteiger partial charge in [0.2, 0.25) is 0 Å². The van der Waals surface area contributed by atoms with Gasteiger partial charge in [-0.05, 0) is 81.8 Å². The van der Waals surface area contributed by atoms with Gasteiger partial charge in [0.15, 0.2) is 17.2 Å². The smallest absolute Gasteiger partial charge is 0.188 e. The summed E-state index contributed by atoms with van der Waals surface area (Å²) >= 11 is 7.20. The third-order valence-electron chi connectivity index (χ3n) is 8.62. The minimum Gasteiger partial charge on any atom is -0.348 e. The Morgan fingerprint density at radius 1 is 0.756 bits per heavy atom. The molecule has 0 atom stereocenters. The Hall–Kier alpha value is -2.95. The van der Waals surface area contributed by atoms with Crippen molar-refractivity contribution in [1.82, 2.24) is 9.13 Å². The molecule has 2 aliphatic carbocycles. The topological polar surface area (TPSA) is 54.1 Å². The maximum Gasteiger partial charge on any atom is 0.188 e. The van der Waals surface area contributed by atoms with Gasteiger partial charge in [-0.2, -0.15) is 0 Å². The van der Waals surface area contributed by atoms with E-state index in [9.17, 15) is 4.79 Å². The number of ketones is 1. The summed E-state index contributed by atoms with van der Waals surface area (Å²) in [6.45, 7) is 15.7. The average molecular weight is 678 g/mol. The summed E-state index contributed by atoms with van der Waals surface area (Å²) in [6.07, 6.45) is 11.4. The molecule has 1 aliphatic heterocycles. The number of ether oxygens (including phenoxy) is 2. The zero-order valence-electron chi connectivity index (χ0n) is 22.6. The first-order valence-corrected chi connectivity index (χ1v) is 15.6. The first-order chi connectivity index (χ1) is 19.9. The molecular formula is C32H30Br2N4O3. The molecule has 2 saturated carbocycles. The highest BCUT2D eigenvalue weighted by atomic mass is 79.9.